The molecule has 0 aliphatic heterocycles. The van der Waals surface area contributed by atoms with E-state index in [1.807, 2.05) is 20.8 Å². The van der Waals surface area contributed by atoms with Gasteiger partial charge < -0.3 is 10.6 Å². The van der Waals surface area contributed by atoms with E-state index in [1.54, 1.807) is 0 Å². The van der Waals surface area contributed by atoms with E-state index in [4.69, 9.17) is 0 Å². The van der Waals surface area contributed by atoms with E-state index < -0.39 is 33.2 Å². The number of benzene rings is 1. The summed E-state index contributed by atoms with van der Waals surface area (Å²) in [5, 5.41) is 27.3. The van der Waals surface area contributed by atoms with E-state index in [-0.39, 0.29) is 17.4 Å². The van der Waals surface area contributed by atoms with E-state index >= 15 is 0 Å². The molecule has 1 unspecified atom stereocenters. The number of nitro groups is 2. The maximum atomic E-state index is 12.5. The van der Waals surface area contributed by atoms with Crippen LogP contribution in [0, 0.1) is 26.1 Å². The Bertz CT molecular complexity index is 703. The number of nitro benzene ring substituents is 2. The van der Waals surface area contributed by atoms with E-state index in [1.165, 1.54) is 0 Å². The van der Waals surface area contributed by atoms with Crippen LogP contribution in [0.1, 0.15) is 56.8 Å². The summed E-state index contributed by atoms with van der Waals surface area (Å²) in [7, 11) is 0. The molecule has 0 heterocycles. The summed E-state index contributed by atoms with van der Waals surface area (Å²) in [5.74, 6) is -1.02. The van der Waals surface area contributed by atoms with Crippen LogP contribution in [0.3, 0.4) is 0 Å². The molecular weight excluding hydrogens is 368 g/mol. The largest absolute Gasteiger partial charge is 0.354 e. The molecule has 0 aromatic heterocycles. The van der Waals surface area contributed by atoms with Crippen LogP contribution in [-0.2, 0) is 4.79 Å². The first-order chi connectivity index (χ1) is 13.1. The quantitative estimate of drug-likeness (QED) is 0.335. The minimum atomic E-state index is -0.840. The average molecular weight is 394 g/mol. The van der Waals surface area contributed by atoms with Gasteiger partial charge in [0.05, 0.1) is 21.5 Å². The Morgan fingerprint density at radius 2 is 1.61 bits per heavy atom. The zero-order valence-corrected chi connectivity index (χ0v) is 16.3. The number of nitrogens with one attached hydrogen (secondary N) is 2. The molecule has 2 N–H and O–H groups in total. The molecule has 1 aromatic carbocycles. The average Bonchev–Trinajstić information content (AvgIpc) is 2.63. The predicted molar refractivity (Wildman–Crippen MR) is 103 cm³/mol. The molecule has 1 atom stereocenters. The number of rotatable bonds is 11. The molecule has 0 bridgehead atoms. The highest BCUT2D eigenvalue weighted by Gasteiger charge is 2.25. The Labute approximate surface area is 163 Å². The molecule has 0 aliphatic rings. The van der Waals surface area contributed by atoms with Crippen LogP contribution in [0.25, 0.3) is 0 Å². The van der Waals surface area contributed by atoms with Crippen molar-refractivity contribution >= 4 is 23.2 Å². The lowest BCUT2D eigenvalue weighted by atomic mass is 10.0. The maximum Gasteiger partial charge on any atom is 0.277 e. The molecule has 28 heavy (non-hydrogen) atoms. The molecule has 0 aliphatic carbocycles. The molecule has 10 nitrogen and oxygen atoms in total. The normalized spacial score (nSPS) is 11.7. The minimum absolute atomic E-state index is 0.103. The molecule has 2 amide bonds. The van der Waals surface area contributed by atoms with Gasteiger partial charge >= 0.3 is 0 Å². The van der Waals surface area contributed by atoms with Crippen molar-refractivity contribution in [3.05, 3.63) is 44.0 Å². The smallest absolute Gasteiger partial charge is 0.277 e. The zero-order valence-electron chi connectivity index (χ0n) is 16.3. The van der Waals surface area contributed by atoms with Crippen LogP contribution < -0.4 is 10.6 Å². The van der Waals surface area contributed by atoms with Gasteiger partial charge in [0.15, 0.2) is 0 Å². The number of nitrogens with zero attached hydrogens (tertiary/aromatic N) is 2. The van der Waals surface area contributed by atoms with Crippen molar-refractivity contribution in [3.63, 3.8) is 0 Å². The van der Waals surface area contributed by atoms with Crippen LogP contribution in [0.5, 0.6) is 0 Å². The highest BCUT2D eigenvalue weighted by Crippen LogP contribution is 2.23. The molecule has 1 rings (SSSR count). The second-order valence-electron chi connectivity index (χ2n) is 6.91. The van der Waals surface area contributed by atoms with Gasteiger partial charge in [-0.25, -0.2) is 0 Å². The van der Waals surface area contributed by atoms with Gasteiger partial charge in [0, 0.05) is 18.7 Å². The van der Waals surface area contributed by atoms with Crippen molar-refractivity contribution in [2.45, 2.75) is 52.5 Å². The molecule has 0 spiro atoms. The topological polar surface area (TPSA) is 144 Å². The number of amides is 2. The lowest BCUT2D eigenvalue weighted by Gasteiger charge is -2.20. The van der Waals surface area contributed by atoms with Crippen LogP contribution in [0.2, 0.25) is 0 Å². The second kappa shape index (κ2) is 11.0. The number of unbranched alkanes of at least 4 members (excludes halogenated alkanes) is 2. The van der Waals surface area contributed by atoms with Gasteiger partial charge in [0.25, 0.3) is 17.3 Å². The van der Waals surface area contributed by atoms with Crippen LogP contribution in [-0.4, -0.2) is 34.2 Å². The van der Waals surface area contributed by atoms with Gasteiger partial charge in [-0.05, 0) is 18.8 Å². The van der Waals surface area contributed by atoms with Crippen LogP contribution in [0.15, 0.2) is 18.2 Å². The van der Waals surface area contributed by atoms with E-state index in [0.717, 1.165) is 37.5 Å². The third kappa shape index (κ3) is 7.29. The molecule has 0 saturated carbocycles. The third-order valence-corrected chi connectivity index (χ3v) is 3.99. The van der Waals surface area contributed by atoms with Gasteiger partial charge in [-0.2, -0.15) is 0 Å². The molecule has 1 aromatic rings. The minimum Gasteiger partial charge on any atom is -0.354 e. The summed E-state index contributed by atoms with van der Waals surface area (Å²) < 4.78 is 0. The number of non-ortho nitro benzene ring substituents is 2. The van der Waals surface area contributed by atoms with Crippen molar-refractivity contribution in [1.82, 2.24) is 10.6 Å². The lowest BCUT2D eigenvalue weighted by molar-refractivity contribution is -0.394. The highest BCUT2D eigenvalue weighted by atomic mass is 16.6. The predicted octanol–water partition coefficient (Wildman–Crippen LogP) is 2.95. The van der Waals surface area contributed by atoms with Crippen LogP contribution >= 0.6 is 0 Å². The summed E-state index contributed by atoms with van der Waals surface area (Å²) in [6, 6.07) is 1.84. The number of carbonyl (C=O) groups is 2. The fourth-order valence-electron chi connectivity index (χ4n) is 2.59. The first-order valence-electron chi connectivity index (χ1n) is 9.18. The first kappa shape index (κ1) is 23.0. The molecule has 10 heteroatoms. The SMILES string of the molecule is CCCCCNC(=O)C(CC(C)C)NC(=O)c1cc([N+](=O)[O-])cc([N+](=O)[O-])c1. The fourth-order valence-corrected chi connectivity index (χ4v) is 2.59. The first-order valence-corrected chi connectivity index (χ1v) is 9.18. The van der Waals surface area contributed by atoms with Crippen molar-refractivity contribution in [1.29, 1.82) is 0 Å². The third-order valence-electron chi connectivity index (χ3n) is 3.99. The summed E-state index contributed by atoms with van der Waals surface area (Å²) in [6.07, 6.45) is 3.16. The van der Waals surface area contributed by atoms with Crippen molar-refractivity contribution < 1.29 is 19.4 Å². The molecular formula is C18H26N4O6. The number of hydrogen-bond donors (Lipinski definition) is 2. The van der Waals surface area contributed by atoms with Gasteiger partial charge in [-0.1, -0.05) is 33.6 Å². The van der Waals surface area contributed by atoms with E-state index in [0.29, 0.717) is 13.0 Å². The summed E-state index contributed by atoms with van der Waals surface area (Å²) >= 11 is 0. The Morgan fingerprint density at radius 1 is 1.04 bits per heavy atom. The zero-order chi connectivity index (χ0) is 21.3. The number of hydrogen-bond acceptors (Lipinski definition) is 6. The standard InChI is InChI=1S/C18H26N4O6/c1-4-5-6-7-19-18(24)16(8-12(2)3)20-17(23)13-9-14(21(25)26)11-15(10-13)22(27)28/h9-12,16H,4-8H2,1-3H3,(H,19,24)(H,20,23). The fraction of sp³-hybridized carbons (Fsp3) is 0.556. The van der Waals surface area contributed by atoms with Gasteiger partial charge in [-0.15, -0.1) is 0 Å². The monoisotopic (exact) mass is 394 g/mol. The molecule has 0 radical (unpaired) electrons. The summed E-state index contributed by atoms with van der Waals surface area (Å²) in [6.45, 7) is 6.31. The van der Waals surface area contributed by atoms with Gasteiger partial charge in [0.2, 0.25) is 5.91 Å². The Hall–Kier alpha value is -3.04. The maximum absolute atomic E-state index is 12.5. The van der Waals surface area contributed by atoms with Crippen LogP contribution in [0.4, 0.5) is 11.4 Å². The van der Waals surface area contributed by atoms with Crippen molar-refractivity contribution in [2.24, 2.45) is 5.92 Å². The van der Waals surface area contributed by atoms with E-state index in [2.05, 4.69) is 10.6 Å². The molecule has 154 valence electrons. The summed E-state index contributed by atoms with van der Waals surface area (Å²) in [4.78, 5) is 45.3. The Balaban J connectivity index is 2.99. The van der Waals surface area contributed by atoms with Gasteiger partial charge in [0.1, 0.15) is 6.04 Å². The second-order valence-corrected chi connectivity index (χ2v) is 6.91. The number of carbonyl (C=O) groups excluding carboxylic acids is 2. The molecule has 0 fully saturated rings. The summed E-state index contributed by atoms with van der Waals surface area (Å²) in [5.41, 5.74) is -1.37. The lowest BCUT2D eigenvalue weighted by Crippen LogP contribution is -2.47. The van der Waals surface area contributed by atoms with E-state index in [9.17, 15) is 29.8 Å². The highest BCUT2D eigenvalue weighted by molar-refractivity contribution is 5.98. The Kier molecular flexibility index (Phi) is 9.00. The molecule has 0 saturated heterocycles. The van der Waals surface area contributed by atoms with Crippen molar-refractivity contribution in [2.75, 3.05) is 6.54 Å². The van der Waals surface area contributed by atoms with Crippen molar-refractivity contribution in [3.8, 4) is 0 Å². The Morgan fingerprint density at radius 3 is 2.07 bits per heavy atom. The van der Waals surface area contributed by atoms with Gasteiger partial charge in [-0.3, -0.25) is 29.8 Å².